The summed E-state index contributed by atoms with van der Waals surface area (Å²) in [7, 11) is 1.67. The number of ether oxygens (including phenoxy) is 2. The Labute approximate surface area is 170 Å². The third kappa shape index (κ3) is 4.76. The minimum Gasteiger partial charge on any atom is -0.497 e. The van der Waals surface area contributed by atoms with Crippen LogP contribution in [0.1, 0.15) is 19.3 Å². The van der Waals surface area contributed by atoms with Gasteiger partial charge in [-0.3, -0.25) is 0 Å². The van der Waals surface area contributed by atoms with Crippen LogP contribution in [0.3, 0.4) is 0 Å². The Hall–Kier alpha value is -2.87. The highest BCUT2D eigenvalue weighted by Gasteiger charge is 2.19. The lowest BCUT2D eigenvalue weighted by Crippen LogP contribution is -2.36. The predicted molar refractivity (Wildman–Crippen MR) is 112 cm³/mol. The van der Waals surface area contributed by atoms with E-state index >= 15 is 0 Å². The predicted octanol–water partition coefficient (Wildman–Crippen LogP) is 2.60. The van der Waals surface area contributed by atoms with Crippen LogP contribution in [0.5, 0.6) is 11.5 Å². The Morgan fingerprint density at radius 2 is 1.79 bits per heavy atom. The molecule has 1 aliphatic heterocycles. The lowest BCUT2D eigenvalue weighted by Gasteiger charge is -2.31. The molecule has 3 heterocycles. The number of aryl methyl sites for hydroxylation is 1. The number of methoxy groups -OCH3 is 1. The monoisotopic (exact) mass is 396 g/mol. The molecule has 1 fully saturated rings. The first-order valence-electron chi connectivity index (χ1n) is 10.1. The molecule has 1 aliphatic rings. The number of fused-ring (bicyclic) bond motifs is 1. The number of nitrogen functional groups attached to an aromatic ring is 1. The molecule has 1 aromatic carbocycles. The molecule has 0 bridgehead atoms. The summed E-state index contributed by atoms with van der Waals surface area (Å²) in [6.07, 6.45) is 6.71. The summed E-state index contributed by atoms with van der Waals surface area (Å²) in [6, 6.07) is 7.79. The van der Waals surface area contributed by atoms with Crippen LogP contribution in [-0.2, 0) is 6.54 Å². The number of likely N-dealkylation sites (tertiary alicyclic amines) is 1. The molecule has 0 unspecified atom stereocenters. The maximum absolute atomic E-state index is 5.95. The largest absolute Gasteiger partial charge is 0.497 e. The van der Waals surface area contributed by atoms with Gasteiger partial charge in [0.1, 0.15) is 23.3 Å². The summed E-state index contributed by atoms with van der Waals surface area (Å²) in [5, 5.41) is 0. The smallest absolute Gasteiger partial charge is 0.165 e. The van der Waals surface area contributed by atoms with Crippen molar-refractivity contribution in [2.75, 3.05) is 39.1 Å². The summed E-state index contributed by atoms with van der Waals surface area (Å²) in [5.41, 5.74) is 7.35. The minimum absolute atomic E-state index is 0.438. The molecule has 8 nitrogen and oxygen atoms in total. The van der Waals surface area contributed by atoms with Gasteiger partial charge < -0.3 is 24.7 Å². The molecular formula is C21H28N6O2. The van der Waals surface area contributed by atoms with E-state index in [4.69, 9.17) is 15.2 Å². The van der Waals surface area contributed by atoms with Crippen molar-refractivity contribution in [3.63, 3.8) is 0 Å². The van der Waals surface area contributed by atoms with Gasteiger partial charge in [0.25, 0.3) is 0 Å². The Morgan fingerprint density at radius 3 is 2.55 bits per heavy atom. The molecule has 29 heavy (non-hydrogen) atoms. The van der Waals surface area contributed by atoms with E-state index < -0.39 is 0 Å². The van der Waals surface area contributed by atoms with Gasteiger partial charge in [0, 0.05) is 6.54 Å². The summed E-state index contributed by atoms with van der Waals surface area (Å²) < 4.78 is 13.2. The molecule has 154 valence electrons. The van der Waals surface area contributed by atoms with Crippen LogP contribution in [0.4, 0.5) is 5.82 Å². The van der Waals surface area contributed by atoms with E-state index in [1.54, 1.807) is 13.4 Å². The van der Waals surface area contributed by atoms with Crippen LogP contribution in [0.2, 0.25) is 0 Å². The fourth-order valence-corrected chi connectivity index (χ4v) is 3.79. The maximum atomic E-state index is 5.95. The molecule has 0 aliphatic carbocycles. The zero-order valence-corrected chi connectivity index (χ0v) is 16.8. The highest BCUT2D eigenvalue weighted by molar-refractivity contribution is 5.81. The number of rotatable bonds is 8. The van der Waals surface area contributed by atoms with Gasteiger partial charge in [0.05, 0.1) is 20.0 Å². The highest BCUT2D eigenvalue weighted by Crippen LogP contribution is 2.22. The van der Waals surface area contributed by atoms with E-state index in [9.17, 15) is 0 Å². The average molecular weight is 396 g/mol. The number of anilines is 1. The number of hydrogen-bond donors (Lipinski definition) is 1. The second-order valence-electron chi connectivity index (χ2n) is 7.49. The quantitative estimate of drug-likeness (QED) is 0.626. The second-order valence-corrected chi connectivity index (χ2v) is 7.49. The molecule has 2 N–H and O–H groups in total. The van der Waals surface area contributed by atoms with Gasteiger partial charge in [-0.15, -0.1) is 0 Å². The van der Waals surface area contributed by atoms with Crippen LogP contribution in [0.15, 0.2) is 36.9 Å². The maximum Gasteiger partial charge on any atom is 0.165 e. The second kappa shape index (κ2) is 9.09. The van der Waals surface area contributed by atoms with E-state index in [0.29, 0.717) is 17.3 Å². The number of benzene rings is 1. The summed E-state index contributed by atoms with van der Waals surface area (Å²) in [6.45, 7) is 4.98. The third-order valence-electron chi connectivity index (χ3n) is 5.56. The molecule has 0 saturated carbocycles. The molecule has 0 spiro atoms. The lowest BCUT2D eigenvalue weighted by molar-refractivity contribution is 0.139. The van der Waals surface area contributed by atoms with E-state index in [0.717, 1.165) is 56.4 Å². The lowest BCUT2D eigenvalue weighted by atomic mass is 9.97. The van der Waals surface area contributed by atoms with Gasteiger partial charge in [0.15, 0.2) is 11.5 Å². The summed E-state index contributed by atoms with van der Waals surface area (Å²) in [5.74, 6) is 2.81. The zero-order chi connectivity index (χ0) is 20.1. The average Bonchev–Trinajstić information content (AvgIpc) is 3.18. The van der Waals surface area contributed by atoms with Crippen molar-refractivity contribution in [2.24, 2.45) is 5.92 Å². The number of nitrogens with two attached hydrogens (primary N) is 1. The Bertz CT molecular complexity index is 919. The Kier molecular flexibility index (Phi) is 6.09. The zero-order valence-electron chi connectivity index (χ0n) is 16.8. The Balaban J connectivity index is 1.17. The third-order valence-corrected chi connectivity index (χ3v) is 5.56. The summed E-state index contributed by atoms with van der Waals surface area (Å²) in [4.78, 5) is 15.2. The first kappa shape index (κ1) is 19.4. The normalized spacial score (nSPS) is 15.6. The topological polar surface area (TPSA) is 91.3 Å². The van der Waals surface area contributed by atoms with Gasteiger partial charge >= 0.3 is 0 Å². The van der Waals surface area contributed by atoms with Crippen molar-refractivity contribution in [3.8, 4) is 11.5 Å². The highest BCUT2D eigenvalue weighted by atomic mass is 16.5. The van der Waals surface area contributed by atoms with Crippen LogP contribution < -0.4 is 15.2 Å². The van der Waals surface area contributed by atoms with Gasteiger partial charge in [-0.05, 0) is 69.1 Å². The number of piperidine rings is 1. The number of aromatic nitrogens is 4. The fourth-order valence-electron chi connectivity index (χ4n) is 3.79. The van der Waals surface area contributed by atoms with E-state index in [2.05, 4.69) is 24.4 Å². The molecule has 2 aromatic heterocycles. The van der Waals surface area contributed by atoms with Gasteiger partial charge in [0.2, 0.25) is 0 Å². The molecule has 0 atom stereocenters. The van der Waals surface area contributed by atoms with Gasteiger partial charge in [-0.1, -0.05) is 0 Å². The van der Waals surface area contributed by atoms with Crippen molar-refractivity contribution in [1.82, 2.24) is 24.4 Å². The van der Waals surface area contributed by atoms with Crippen molar-refractivity contribution in [2.45, 2.75) is 25.8 Å². The van der Waals surface area contributed by atoms with Crippen molar-refractivity contribution in [1.29, 1.82) is 0 Å². The molecule has 3 aromatic rings. The van der Waals surface area contributed by atoms with Crippen LogP contribution >= 0.6 is 0 Å². The van der Waals surface area contributed by atoms with E-state index in [-0.39, 0.29) is 0 Å². The first-order valence-corrected chi connectivity index (χ1v) is 10.1. The van der Waals surface area contributed by atoms with Crippen LogP contribution in [0, 0.1) is 5.92 Å². The number of hydrogen-bond acceptors (Lipinski definition) is 7. The first-order chi connectivity index (χ1) is 14.2. The van der Waals surface area contributed by atoms with Crippen molar-refractivity contribution in [3.05, 3.63) is 36.9 Å². The number of imidazole rings is 1. The SMILES string of the molecule is COc1ccc(OCC2CCN(CCCn3cnc4c(N)ncnc43)CC2)cc1. The molecule has 0 radical (unpaired) electrons. The molecule has 8 heteroatoms. The molecule has 4 rings (SSSR count). The van der Waals surface area contributed by atoms with Crippen LogP contribution in [0.25, 0.3) is 11.2 Å². The van der Waals surface area contributed by atoms with Gasteiger partial charge in [-0.25, -0.2) is 15.0 Å². The van der Waals surface area contributed by atoms with Crippen molar-refractivity contribution < 1.29 is 9.47 Å². The van der Waals surface area contributed by atoms with Gasteiger partial charge in [-0.2, -0.15) is 0 Å². The van der Waals surface area contributed by atoms with Crippen LogP contribution in [-0.4, -0.2) is 57.8 Å². The number of nitrogens with zero attached hydrogens (tertiary/aromatic N) is 5. The summed E-state index contributed by atoms with van der Waals surface area (Å²) >= 11 is 0. The minimum atomic E-state index is 0.438. The molecule has 1 saturated heterocycles. The van der Waals surface area contributed by atoms with Crippen molar-refractivity contribution >= 4 is 17.0 Å². The fraction of sp³-hybridized carbons (Fsp3) is 0.476. The Morgan fingerprint density at radius 1 is 1.03 bits per heavy atom. The standard InChI is InChI=1S/C21H28N6O2/c1-28-17-3-5-18(6-4-17)29-13-16-7-11-26(12-8-16)9-2-10-27-15-25-19-20(22)23-14-24-21(19)27/h3-6,14-16H,2,7-13H2,1H3,(H2,22,23,24). The molecular weight excluding hydrogens is 368 g/mol. The molecule has 0 amide bonds. The van der Waals surface area contributed by atoms with E-state index in [1.165, 1.54) is 19.2 Å². The van der Waals surface area contributed by atoms with E-state index in [1.807, 2.05) is 24.3 Å².